The van der Waals surface area contributed by atoms with Crippen LogP contribution in [0.4, 0.5) is 0 Å². The van der Waals surface area contributed by atoms with Gasteiger partial charge in [0.1, 0.15) is 0 Å². The SMILES string of the molecule is CC(C)(C)c1c[c-]c2c(c1)-c1cc(C(C)(C)C)ccc1C2.Cl.Cl.[C-]1=CC=CC1.[Zr+2]=[C](c1ccc2ccccc2c1)c1ccc2ccccc2c1. The molecule has 2 aliphatic rings. The number of benzene rings is 6. The van der Waals surface area contributed by atoms with Crippen molar-refractivity contribution < 1.29 is 24.2 Å². The summed E-state index contributed by atoms with van der Waals surface area (Å²) in [5, 5.41) is 5.21. The van der Waals surface area contributed by atoms with E-state index in [4.69, 9.17) is 0 Å². The van der Waals surface area contributed by atoms with Gasteiger partial charge in [-0.3, -0.25) is 6.08 Å². The second-order valence-corrected chi connectivity index (χ2v) is 16.1. The summed E-state index contributed by atoms with van der Waals surface area (Å²) < 4.78 is 1.41. The molecule has 2 aliphatic carbocycles. The van der Waals surface area contributed by atoms with Crippen molar-refractivity contribution in [1.82, 2.24) is 0 Å². The van der Waals surface area contributed by atoms with Crippen LogP contribution in [0.5, 0.6) is 0 Å². The first kappa shape index (κ1) is 39.4. The average molecular weight is 773 g/mol. The van der Waals surface area contributed by atoms with Gasteiger partial charge in [0, 0.05) is 0 Å². The normalized spacial score (nSPS) is 12.5. The first-order valence-corrected chi connectivity index (χ1v) is 18.2. The van der Waals surface area contributed by atoms with E-state index >= 15 is 0 Å². The van der Waals surface area contributed by atoms with E-state index in [1.54, 1.807) is 0 Å². The number of allylic oxidation sites excluding steroid dienone is 4. The monoisotopic (exact) mass is 770 g/mol. The predicted molar refractivity (Wildman–Crippen MR) is 218 cm³/mol. The van der Waals surface area contributed by atoms with Crippen LogP contribution < -0.4 is 0 Å². The molecule has 3 heteroatoms. The van der Waals surface area contributed by atoms with Gasteiger partial charge in [0.05, 0.1) is 0 Å². The van der Waals surface area contributed by atoms with Crippen LogP contribution >= 0.6 is 24.8 Å². The standard InChI is InChI=1S/C21H14.C21H25.C5H5.2ClH.Zr/c1-3-7-20-14-16(9-11-18(20)5-1)13-17-10-12-19-6-2-4-8-21(19)15-17;1-20(2,3)16-9-7-14-11-15-8-10-17(21(4,5)6)13-19(15)18(14)12-16;1-2-4-5-3-1;;;/h1-12,14-15H;7,9-10,12-13H,11H2,1-6H3;1-3H,4H2;2*1H;/q;2*-1;;;+2. The van der Waals surface area contributed by atoms with Gasteiger partial charge in [-0.1, -0.05) is 76.3 Å². The molecule has 0 heterocycles. The zero-order valence-electron chi connectivity index (χ0n) is 29.9. The molecule has 0 amide bonds. The third-order valence-electron chi connectivity index (χ3n) is 9.19. The number of rotatable bonds is 2. The van der Waals surface area contributed by atoms with Crippen LogP contribution in [0, 0.1) is 12.1 Å². The Morgan fingerprint density at radius 3 is 1.62 bits per heavy atom. The molecule has 0 aliphatic heterocycles. The van der Waals surface area contributed by atoms with E-state index in [9.17, 15) is 0 Å². The molecular formula is C47H46Cl2Zr. The van der Waals surface area contributed by atoms with Crippen LogP contribution in [0.15, 0.2) is 133 Å². The summed E-state index contributed by atoms with van der Waals surface area (Å²) in [5.41, 5.74) is 11.4. The summed E-state index contributed by atoms with van der Waals surface area (Å²) in [5.74, 6) is 0. The summed E-state index contributed by atoms with van der Waals surface area (Å²) in [6.07, 6.45) is 11.0. The average Bonchev–Trinajstić information content (AvgIpc) is 3.79. The number of hydrogen-bond acceptors (Lipinski definition) is 0. The third kappa shape index (κ3) is 9.30. The summed E-state index contributed by atoms with van der Waals surface area (Å²) in [6, 6.07) is 45.7. The molecule has 0 spiro atoms. The third-order valence-corrected chi connectivity index (χ3v) is 10.6. The summed E-state index contributed by atoms with van der Waals surface area (Å²) >= 11 is 1.44. The van der Waals surface area contributed by atoms with Crippen LogP contribution in [0.3, 0.4) is 0 Å². The predicted octanol–water partition coefficient (Wildman–Crippen LogP) is 12.9. The van der Waals surface area contributed by atoms with Gasteiger partial charge in [-0.25, -0.2) is 12.2 Å². The molecule has 0 atom stereocenters. The van der Waals surface area contributed by atoms with Crippen LogP contribution in [-0.4, -0.2) is 3.21 Å². The van der Waals surface area contributed by atoms with Gasteiger partial charge < -0.3 is 0 Å². The molecule has 50 heavy (non-hydrogen) atoms. The molecule has 252 valence electrons. The van der Waals surface area contributed by atoms with Gasteiger partial charge in [-0.2, -0.15) is 35.4 Å². The molecule has 0 unspecified atom stereocenters. The van der Waals surface area contributed by atoms with E-state index in [0.29, 0.717) is 0 Å². The van der Waals surface area contributed by atoms with E-state index in [2.05, 4.69) is 175 Å². The Balaban J connectivity index is 0.000000190. The Morgan fingerprint density at radius 2 is 1.14 bits per heavy atom. The van der Waals surface area contributed by atoms with E-state index in [0.717, 1.165) is 12.8 Å². The molecule has 6 aromatic rings. The van der Waals surface area contributed by atoms with Crippen molar-refractivity contribution >= 4 is 49.6 Å². The zero-order valence-corrected chi connectivity index (χ0v) is 34.0. The Kier molecular flexibility index (Phi) is 13.2. The van der Waals surface area contributed by atoms with E-state index in [1.807, 2.05) is 12.2 Å². The van der Waals surface area contributed by atoms with E-state index in [-0.39, 0.29) is 35.6 Å². The Labute approximate surface area is 326 Å². The molecule has 0 radical (unpaired) electrons. The molecular weight excluding hydrogens is 727 g/mol. The molecule has 0 nitrogen and oxygen atoms in total. The molecule has 0 fully saturated rings. The molecule has 0 saturated heterocycles. The maximum atomic E-state index is 3.53. The topological polar surface area (TPSA) is 0 Å². The van der Waals surface area contributed by atoms with Crippen LogP contribution in [-0.2, 0) is 41.5 Å². The first-order chi connectivity index (χ1) is 23.0. The first-order valence-electron chi connectivity index (χ1n) is 16.9. The fourth-order valence-electron chi connectivity index (χ4n) is 6.18. The Morgan fingerprint density at radius 1 is 0.600 bits per heavy atom. The van der Waals surface area contributed by atoms with Crippen LogP contribution in [0.2, 0.25) is 0 Å². The van der Waals surface area contributed by atoms with Crippen molar-refractivity contribution in [3.63, 3.8) is 0 Å². The number of halogens is 2. The zero-order chi connectivity index (χ0) is 33.9. The molecule has 0 bridgehead atoms. The van der Waals surface area contributed by atoms with E-state index in [1.165, 1.54) is 93.5 Å². The van der Waals surface area contributed by atoms with E-state index < -0.39 is 0 Å². The minimum atomic E-state index is 0. The molecule has 0 N–H and O–H groups in total. The second-order valence-electron chi connectivity index (χ2n) is 14.8. The summed E-state index contributed by atoms with van der Waals surface area (Å²) in [4.78, 5) is 0. The van der Waals surface area contributed by atoms with Crippen molar-refractivity contribution in [3.8, 4) is 11.1 Å². The fraction of sp³-hybridized carbons (Fsp3) is 0.213. The Bertz CT molecular complexity index is 2020. The fourth-order valence-corrected chi connectivity index (χ4v) is 6.95. The maximum absolute atomic E-state index is 3.53. The van der Waals surface area contributed by atoms with Gasteiger partial charge in [-0.05, 0) is 17.4 Å². The quantitative estimate of drug-likeness (QED) is 0.154. The van der Waals surface area contributed by atoms with Crippen molar-refractivity contribution in [3.05, 3.63) is 179 Å². The van der Waals surface area contributed by atoms with Crippen molar-refractivity contribution in [2.75, 3.05) is 0 Å². The molecule has 8 rings (SSSR count). The number of fused-ring (bicyclic) bond motifs is 5. The van der Waals surface area contributed by atoms with Gasteiger partial charge in [0.2, 0.25) is 0 Å². The van der Waals surface area contributed by atoms with Gasteiger partial charge in [-0.15, -0.1) is 36.8 Å². The van der Waals surface area contributed by atoms with Gasteiger partial charge in [0.15, 0.2) is 0 Å². The molecule has 0 saturated carbocycles. The summed E-state index contributed by atoms with van der Waals surface area (Å²) in [6.45, 7) is 13.6. The van der Waals surface area contributed by atoms with Crippen LogP contribution in [0.1, 0.15) is 81.3 Å². The number of hydrogen-bond donors (Lipinski definition) is 0. The summed E-state index contributed by atoms with van der Waals surface area (Å²) in [7, 11) is 0. The van der Waals surface area contributed by atoms with Crippen molar-refractivity contribution in [2.45, 2.75) is 65.2 Å². The van der Waals surface area contributed by atoms with Crippen molar-refractivity contribution in [1.29, 1.82) is 0 Å². The Hall–Kier alpha value is -3.35. The second kappa shape index (κ2) is 16.8. The van der Waals surface area contributed by atoms with Crippen LogP contribution in [0.25, 0.3) is 32.7 Å². The molecule has 0 aromatic heterocycles. The van der Waals surface area contributed by atoms with Gasteiger partial charge >= 0.3 is 145 Å². The molecule has 6 aromatic carbocycles. The minimum absolute atomic E-state index is 0. The van der Waals surface area contributed by atoms with Crippen molar-refractivity contribution in [2.24, 2.45) is 0 Å². The van der Waals surface area contributed by atoms with Gasteiger partial charge in [0.25, 0.3) is 0 Å².